The van der Waals surface area contributed by atoms with Crippen molar-refractivity contribution < 1.29 is 0 Å². The molecule has 4 heteroatoms. The molecule has 0 unspecified atom stereocenters. The van der Waals surface area contributed by atoms with Crippen molar-refractivity contribution in [2.75, 3.05) is 5.01 Å². The molecule has 0 aliphatic heterocycles. The first-order valence-electron chi connectivity index (χ1n) is 4.74. The predicted octanol–water partition coefficient (Wildman–Crippen LogP) is 4.22. The summed E-state index contributed by atoms with van der Waals surface area (Å²) in [6.45, 7) is 0. The van der Waals surface area contributed by atoms with Gasteiger partial charge in [0.05, 0.1) is 11.4 Å². The first kappa shape index (κ1) is 11.6. The Morgan fingerprint density at radius 1 is 0.750 bits per heavy atom. The maximum atomic E-state index is 6.09. The average Bonchev–Trinajstić information content (AvgIpc) is 2.29. The third-order valence-electron chi connectivity index (χ3n) is 2.22. The molecule has 0 fully saturated rings. The van der Waals surface area contributed by atoms with Crippen molar-refractivity contribution in [1.82, 2.24) is 0 Å². The highest BCUT2D eigenvalue weighted by molar-refractivity contribution is 9.11. The van der Waals surface area contributed by atoms with Crippen molar-refractivity contribution in [2.45, 2.75) is 0 Å². The van der Waals surface area contributed by atoms with Crippen LogP contribution in [0.3, 0.4) is 0 Å². The van der Waals surface area contributed by atoms with Gasteiger partial charge < -0.3 is 0 Å². The maximum Gasteiger partial charge on any atom is 0.0717 e. The Labute approximate surface area is 111 Å². The van der Waals surface area contributed by atoms with Crippen LogP contribution in [-0.2, 0) is 0 Å². The molecule has 0 atom stereocenters. The minimum absolute atomic E-state index is 0.925. The van der Waals surface area contributed by atoms with Crippen LogP contribution in [0, 0.1) is 0 Å². The number of anilines is 2. The molecule has 0 saturated carbocycles. The van der Waals surface area contributed by atoms with Crippen LogP contribution in [0.5, 0.6) is 0 Å². The highest BCUT2D eigenvalue weighted by Crippen LogP contribution is 2.33. The van der Waals surface area contributed by atoms with Gasteiger partial charge in [-0.1, -0.05) is 24.3 Å². The van der Waals surface area contributed by atoms with E-state index in [-0.39, 0.29) is 0 Å². The molecule has 2 aromatic rings. The van der Waals surface area contributed by atoms with Gasteiger partial charge in [-0.2, -0.15) is 0 Å². The summed E-state index contributed by atoms with van der Waals surface area (Å²) in [7, 11) is 0. The number of nitrogens with two attached hydrogens (primary N) is 1. The van der Waals surface area contributed by atoms with E-state index in [1.165, 1.54) is 0 Å². The topological polar surface area (TPSA) is 29.3 Å². The van der Waals surface area contributed by atoms with Gasteiger partial charge >= 0.3 is 0 Å². The predicted molar refractivity (Wildman–Crippen MR) is 74.6 cm³/mol. The molecule has 0 heterocycles. The fourth-order valence-electron chi connectivity index (χ4n) is 1.42. The fourth-order valence-corrected chi connectivity index (χ4v) is 2.38. The van der Waals surface area contributed by atoms with E-state index in [1.54, 1.807) is 5.01 Å². The summed E-state index contributed by atoms with van der Waals surface area (Å²) < 4.78 is 1.93. The fraction of sp³-hybridized carbons (Fsp3) is 0. The van der Waals surface area contributed by atoms with Crippen molar-refractivity contribution in [3.8, 4) is 0 Å². The number of benzene rings is 2. The summed E-state index contributed by atoms with van der Waals surface area (Å²) >= 11 is 6.96. The lowest BCUT2D eigenvalue weighted by molar-refractivity contribution is 1.08. The quantitative estimate of drug-likeness (QED) is 0.654. The van der Waals surface area contributed by atoms with Crippen molar-refractivity contribution >= 4 is 43.2 Å². The van der Waals surface area contributed by atoms with E-state index in [0.29, 0.717) is 0 Å². The Balaban J connectivity index is 2.44. The van der Waals surface area contributed by atoms with Crippen LogP contribution in [0.15, 0.2) is 57.5 Å². The monoisotopic (exact) mass is 340 g/mol. The molecule has 0 saturated heterocycles. The summed E-state index contributed by atoms with van der Waals surface area (Å²) in [5, 5.41) is 1.65. The SMILES string of the molecule is NN(c1ccccc1Br)c1ccccc1Br. The number of hydrogen-bond acceptors (Lipinski definition) is 2. The largest absolute Gasteiger partial charge is 0.277 e. The van der Waals surface area contributed by atoms with Gasteiger partial charge in [-0.3, -0.25) is 5.01 Å². The summed E-state index contributed by atoms with van der Waals surface area (Å²) in [6.07, 6.45) is 0. The molecule has 2 N–H and O–H groups in total. The molecule has 0 spiro atoms. The Morgan fingerprint density at radius 3 is 1.50 bits per heavy atom. The van der Waals surface area contributed by atoms with Crippen molar-refractivity contribution in [2.24, 2.45) is 5.84 Å². The molecule has 82 valence electrons. The van der Waals surface area contributed by atoms with Crippen molar-refractivity contribution in [3.05, 3.63) is 57.5 Å². The molecule has 2 rings (SSSR count). The van der Waals surface area contributed by atoms with E-state index in [4.69, 9.17) is 5.84 Å². The normalized spacial score (nSPS) is 10.2. The van der Waals surface area contributed by atoms with Gasteiger partial charge in [-0.15, -0.1) is 0 Å². The second-order valence-corrected chi connectivity index (χ2v) is 4.98. The zero-order valence-electron chi connectivity index (χ0n) is 8.40. The lowest BCUT2D eigenvalue weighted by atomic mass is 10.2. The molecule has 0 aliphatic rings. The molecule has 2 nitrogen and oxygen atoms in total. The standard InChI is InChI=1S/C12H10Br2N2/c13-9-5-1-3-7-11(9)16(15)12-8-4-2-6-10(12)14/h1-8H,15H2. The minimum Gasteiger partial charge on any atom is -0.277 e. The number of hydrogen-bond donors (Lipinski definition) is 1. The van der Waals surface area contributed by atoms with Gasteiger partial charge in [0.15, 0.2) is 0 Å². The smallest absolute Gasteiger partial charge is 0.0717 e. The molecule has 0 bridgehead atoms. The Kier molecular flexibility index (Phi) is 3.63. The molecule has 0 radical (unpaired) electrons. The molecule has 2 aromatic carbocycles. The number of para-hydroxylation sites is 2. The average molecular weight is 342 g/mol. The van der Waals surface area contributed by atoms with E-state index >= 15 is 0 Å². The number of nitrogens with zero attached hydrogens (tertiary/aromatic N) is 1. The number of hydrazine groups is 1. The number of rotatable bonds is 2. The van der Waals surface area contributed by atoms with E-state index in [2.05, 4.69) is 31.9 Å². The van der Waals surface area contributed by atoms with Gasteiger partial charge in [-0.25, -0.2) is 5.84 Å². The molecule has 0 aromatic heterocycles. The second-order valence-electron chi connectivity index (χ2n) is 3.27. The second kappa shape index (κ2) is 4.99. The van der Waals surface area contributed by atoms with Crippen LogP contribution in [0.25, 0.3) is 0 Å². The maximum absolute atomic E-state index is 6.09. The van der Waals surface area contributed by atoms with Crippen molar-refractivity contribution in [3.63, 3.8) is 0 Å². The molecular weight excluding hydrogens is 332 g/mol. The highest BCUT2D eigenvalue weighted by Gasteiger charge is 2.10. The first-order valence-corrected chi connectivity index (χ1v) is 6.32. The van der Waals surface area contributed by atoms with Gasteiger partial charge in [0.25, 0.3) is 0 Å². The summed E-state index contributed by atoms with van der Waals surface area (Å²) in [4.78, 5) is 0. The lowest BCUT2D eigenvalue weighted by Gasteiger charge is -2.21. The van der Waals surface area contributed by atoms with Crippen LogP contribution in [0.4, 0.5) is 11.4 Å². The minimum atomic E-state index is 0.925. The summed E-state index contributed by atoms with van der Waals surface area (Å²) in [5.41, 5.74) is 1.85. The van der Waals surface area contributed by atoms with E-state index in [9.17, 15) is 0 Å². The zero-order valence-corrected chi connectivity index (χ0v) is 11.6. The van der Waals surface area contributed by atoms with Crippen LogP contribution in [-0.4, -0.2) is 0 Å². The first-order chi connectivity index (χ1) is 7.70. The summed E-state index contributed by atoms with van der Waals surface area (Å²) in [5.74, 6) is 6.09. The Hall–Kier alpha value is -0.840. The van der Waals surface area contributed by atoms with E-state index < -0.39 is 0 Å². The molecule has 0 aliphatic carbocycles. The van der Waals surface area contributed by atoms with Crippen LogP contribution < -0.4 is 10.9 Å². The van der Waals surface area contributed by atoms with Crippen LogP contribution in [0.2, 0.25) is 0 Å². The Bertz CT molecular complexity index is 454. The van der Waals surface area contributed by atoms with Crippen LogP contribution >= 0.6 is 31.9 Å². The third-order valence-corrected chi connectivity index (χ3v) is 3.57. The van der Waals surface area contributed by atoms with Gasteiger partial charge in [0.2, 0.25) is 0 Å². The van der Waals surface area contributed by atoms with Gasteiger partial charge in [0, 0.05) is 8.95 Å². The lowest BCUT2D eigenvalue weighted by Crippen LogP contribution is -2.25. The highest BCUT2D eigenvalue weighted by atomic mass is 79.9. The summed E-state index contributed by atoms with van der Waals surface area (Å²) in [6, 6.07) is 15.7. The number of halogens is 2. The van der Waals surface area contributed by atoms with Gasteiger partial charge in [0.1, 0.15) is 0 Å². The van der Waals surface area contributed by atoms with Crippen molar-refractivity contribution in [1.29, 1.82) is 0 Å². The Morgan fingerprint density at radius 2 is 1.12 bits per heavy atom. The third kappa shape index (κ3) is 2.29. The molecule has 16 heavy (non-hydrogen) atoms. The van der Waals surface area contributed by atoms with Gasteiger partial charge in [-0.05, 0) is 56.1 Å². The van der Waals surface area contributed by atoms with E-state index in [0.717, 1.165) is 20.3 Å². The molecular formula is C12H10Br2N2. The van der Waals surface area contributed by atoms with E-state index in [1.807, 2.05) is 48.5 Å². The zero-order chi connectivity index (χ0) is 11.5. The molecule has 0 amide bonds. The van der Waals surface area contributed by atoms with Crippen LogP contribution in [0.1, 0.15) is 0 Å².